The Balaban J connectivity index is 2.06. The van der Waals surface area contributed by atoms with Crippen LogP contribution in [0.15, 0.2) is 44.8 Å². The number of fused-ring (bicyclic) bond motifs is 3. The van der Waals surface area contributed by atoms with Crippen LogP contribution in [0.25, 0.3) is 33.1 Å². The number of aryl methyl sites for hydroxylation is 3. The maximum absolute atomic E-state index is 7.57. The van der Waals surface area contributed by atoms with Crippen LogP contribution in [0.4, 0.5) is 0 Å². The molecule has 0 radical (unpaired) electrons. The van der Waals surface area contributed by atoms with Crippen molar-refractivity contribution in [1.29, 1.82) is 0 Å². The van der Waals surface area contributed by atoms with E-state index >= 15 is 0 Å². The van der Waals surface area contributed by atoms with E-state index in [2.05, 4.69) is 154 Å². The quantitative estimate of drug-likeness (QED) is 0.144. The molecule has 0 unspecified atom stereocenters. The molecule has 5 rings (SSSR count). The number of ether oxygens (including phenoxy) is 1. The van der Waals surface area contributed by atoms with Crippen LogP contribution in [-0.4, -0.2) is 18.3 Å². The van der Waals surface area contributed by atoms with Crippen molar-refractivity contribution in [1.82, 2.24) is 0 Å². The molecule has 1 aromatic heterocycles. The molecule has 0 aliphatic carbocycles. The summed E-state index contributed by atoms with van der Waals surface area (Å²) in [6.07, 6.45) is 0. The third-order valence-electron chi connectivity index (χ3n) is 11.1. The Labute approximate surface area is 382 Å². The van der Waals surface area contributed by atoms with Gasteiger partial charge in [0.15, 0.2) is 0 Å². The van der Waals surface area contributed by atoms with Crippen LogP contribution in [-0.2, 0) is 30.7 Å². The molecule has 0 amide bonds. The predicted molar refractivity (Wildman–Crippen MR) is 268 cm³/mol. The fourth-order valence-corrected chi connectivity index (χ4v) is 10.3. The average molecular weight is 901 g/mol. The van der Waals surface area contributed by atoms with Crippen LogP contribution in [0.1, 0.15) is 175 Å². The highest BCUT2D eigenvalue weighted by Crippen LogP contribution is 2.58. The predicted octanol–water partition coefficient (Wildman–Crippen LogP) is 17.8. The number of hydrogen-bond donors (Lipinski definition) is 0. The molecular formula is C54H78O7P2. The summed E-state index contributed by atoms with van der Waals surface area (Å²) in [5.41, 5.74) is 10.5. The monoisotopic (exact) mass is 901 g/mol. The molecule has 0 saturated heterocycles. The minimum atomic E-state index is -2.12. The fraction of sp³-hybridized carbons (Fsp3) is 0.556. The third kappa shape index (κ3) is 11.3. The molecule has 0 N–H and O–H groups in total. The summed E-state index contributed by atoms with van der Waals surface area (Å²) < 4.78 is 48.9. The molecule has 9 heteroatoms. The molecule has 346 valence electrons. The smallest absolute Gasteiger partial charge is 0.453 e. The zero-order chi connectivity index (χ0) is 47.7. The van der Waals surface area contributed by atoms with Gasteiger partial charge in [0.1, 0.15) is 28.4 Å². The Bertz CT molecular complexity index is 2460. The van der Waals surface area contributed by atoms with E-state index in [1.165, 1.54) is 0 Å². The van der Waals surface area contributed by atoms with E-state index in [9.17, 15) is 0 Å². The van der Waals surface area contributed by atoms with E-state index in [0.717, 1.165) is 88.9 Å². The normalized spacial score (nSPS) is 13.3. The van der Waals surface area contributed by atoms with Crippen molar-refractivity contribution in [3.8, 4) is 28.4 Å². The van der Waals surface area contributed by atoms with Crippen molar-refractivity contribution in [2.75, 3.05) is 7.11 Å². The molecule has 5 aromatic rings. The molecule has 63 heavy (non-hydrogen) atoms. The van der Waals surface area contributed by atoms with Gasteiger partial charge in [-0.25, -0.2) is 0 Å². The van der Waals surface area contributed by atoms with Crippen LogP contribution in [0.3, 0.4) is 0 Å². The summed E-state index contributed by atoms with van der Waals surface area (Å²) in [6, 6.07) is 13.3. The summed E-state index contributed by atoms with van der Waals surface area (Å²) in [7, 11) is -2.30. The Morgan fingerprint density at radius 2 is 0.873 bits per heavy atom. The molecule has 0 aliphatic heterocycles. The Morgan fingerprint density at radius 3 is 1.25 bits per heavy atom. The first-order valence-electron chi connectivity index (χ1n) is 22.4. The summed E-state index contributed by atoms with van der Waals surface area (Å²) >= 11 is 0. The minimum Gasteiger partial charge on any atom is -0.496 e. The lowest BCUT2D eigenvalue weighted by molar-refractivity contribution is 0.0502. The van der Waals surface area contributed by atoms with Gasteiger partial charge < -0.3 is 22.2 Å². The summed E-state index contributed by atoms with van der Waals surface area (Å²) in [4.78, 5) is 0. The van der Waals surface area contributed by atoms with Gasteiger partial charge in [-0.2, -0.15) is 0 Å². The van der Waals surface area contributed by atoms with Crippen molar-refractivity contribution in [3.05, 3.63) is 86.5 Å². The SMILES string of the molecule is COc1cc(C(C)(C)C)c(OP(OC(C)(C)C)OC(C)(C)C)c(-c2c(C)c(C)cc(C(C)(C)C)c2Op2oc3c(C(C)(C)C)cc(C)cc3c3cc(C)cc(C(C)(C)C)c3o2)c1C. The van der Waals surface area contributed by atoms with Crippen LogP contribution in [0, 0.1) is 34.6 Å². The van der Waals surface area contributed by atoms with E-state index in [0.29, 0.717) is 11.5 Å². The maximum atomic E-state index is 7.57. The lowest BCUT2D eigenvalue weighted by Gasteiger charge is -2.34. The second-order valence-corrected chi connectivity index (χ2v) is 25.6. The summed E-state index contributed by atoms with van der Waals surface area (Å²) in [5, 5.41) is 2.02. The van der Waals surface area contributed by atoms with Crippen molar-refractivity contribution in [2.24, 2.45) is 0 Å². The molecule has 0 saturated carbocycles. The van der Waals surface area contributed by atoms with Gasteiger partial charge in [-0.05, 0) is 138 Å². The van der Waals surface area contributed by atoms with E-state index < -0.39 is 28.0 Å². The number of rotatable bonds is 8. The van der Waals surface area contributed by atoms with E-state index in [4.69, 9.17) is 31.2 Å². The van der Waals surface area contributed by atoms with Gasteiger partial charge in [-0.1, -0.05) is 101 Å². The van der Waals surface area contributed by atoms with E-state index in [-0.39, 0.29) is 21.7 Å². The van der Waals surface area contributed by atoms with Crippen molar-refractivity contribution in [3.63, 3.8) is 0 Å². The third-order valence-corrected chi connectivity index (χ3v) is 13.8. The van der Waals surface area contributed by atoms with Gasteiger partial charge >= 0.3 is 16.8 Å². The molecule has 0 aliphatic rings. The first-order chi connectivity index (χ1) is 28.5. The zero-order valence-corrected chi connectivity index (χ0v) is 45.0. The van der Waals surface area contributed by atoms with Crippen molar-refractivity contribution in [2.45, 2.75) is 192 Å². The average Bonchev–Trinajstić information content (AvgIpc) is 3.23. The number of hydrogen-bond acceptors (Lipinski definition) is 7. The largest absolute Gasteiger partial charge is 0.496 e. The zero-order valence-electron chi connectivity index (χ0n) is 43.2. The second kappa shape index (κ2) is 17.4. The highest BCUT2D eigenvalue weighted by Gasteiger charge is 2.37. The first-order valence-corrected chi connectivity index (χ1v) is 24.6. The summed E-state index contributed by atoms with van der Waals surface area (Å²) in [6.45, 7) is 49.6. The van der Waals surface area contributed by atoms with Crippen molar-refractivity contribution < 1.29 is 31.2 Å². The Kier molecular flexibility index (Phi) is 14.0. The first kappa shape index (κ1) is 50.5. The lowest BCUT2D eigenvalue weighted by atomic mass is 9.78. The van der Waals surface area contributed by atoms with Crippen molar-refractivity contribution >= 4 is 38.8 Å². The van der Waals surface area contributed by atoms with Gasteiger partial charge in [0, 0.05) is 49.7 Å². The molecule has 0 spiro atoms. The van der Waals surface area contributed by atoms with E-state index in [1.54, 1.807) is 7.11 Å². The number of benzene rings is 4. The number of methoxy groups -OCH3 is 1. The highest BCUT2D eigenvalue weighted by molar-refractivity contribution is 7.42. The Morgan fingerprint density at radius 1 is 0.476 bits per heavy atom. The van der Waals surface area contributed by atoms with Crippen LogP contribution in [0.2, 0.25) is 0 Å². The molecule has 4 aromatic carbocycles. The van der Waals surface area contributed by atoms with E-state index in [1.807, 2.05) is 41.5 Å². The summed E-state index contributed by atoms with van der Waals surface area (Å²) in [5.74, 6) is 2.09. The topological polar surface area (TPSA) is 72.4 Å². The second-order valence-electron chi connectivity index (χ2n) is 23.6. The molecule has 7 nitrogen and oxygen atoms in total. The highest BCUT2D eigenvalue weighted by atomic mass is 31.2. The van der Waals surface area contributed by atoms with Gasteiger partial charge in [-0.3, -0.25) is 9.05 Å². The Hall–Kier alpha value is -3.47. The van der Waals surface area contributed by atoms with Crippen LogP contribution < -0.4 is 13.8 Å². The van der Waals surface area contributed by atoms with Gasteiger partial charge in [0.05, 0.1) is 18.3 Å². The minimum absolute atomic E-state index is 0.240. The van der Waals surface area contributed by atoms with Crippen LogP contribution >= 0.6 is 16.8 Å². The molecule has 1 heterocycles. The maximum Gasteiger partial charge on any atom is 0.453 e. The lowest BCUT2D eigenvalue weighted by Crippen LogP contribution is -2.24. The fourth-order valence-electron chi connectivity index (χ4n) is 7.86. The van der Waals surface area contributed by atoms with Gasteiger partial charge in [0.2, 0.25) is 0 Å². The molecule has 0 atom stereocenters. The molecule has 0 bridgehead atoms. The van der Waals surface area contributed by atoms with Gasteiger partial charge in [-0.15, -0.1) is 0 Å². The molecular weight excluding hydrogens is 823 g/mol. The molecule has 0 fully saturated rings. The van der Waals surface area contributed by atoms with Crippen LogP contribution in [0.5, 0.6) is 17.2 Å². The van der Waals surface area contributed by atoms with Gasteiger partial charge in [0.25, 0.3) is 0 Å². The standard InChI is InChI=1S/C54H78O7P2/c1-31-25-36-37-26-32(2)28-39(50(9,10)11)46(37)57-62(56-45(36)38(27-31)49(6,7)8)58-47-40(51(12,13)14)29-33(3)34(4)43(47)44-35(5)42(55-24)30-41(52(15,16)17)48(44)59-63(60-53(18,19)20)61-54(21,22)23/h25-30H,1-24H3.